The molecule has 0 bridgehead atoms. The second kappa shape index (κ2) is 11.4. The summed E-state index contributed by atoms with van der Waals surface area (Å²) < 4.78 is 21.3. The van der Waals surface area contributed by atoms with Gasteiger partial charge < -0.3 is 24.3 Å². The van der Waals surface area contributed by atoms with Crippen LogP contribution in [-0.4, -0.2) is 32.7 Å². The van der Waals surface area contributed by atoms with Gasteiger partial charge in [-0.3, -0.25) is 9.59 Å². The van der Waals surface area contributed by atoms with Crippen LogP contribution in [0.4, 0.5) is 5.69 Å². The Morgan fingerprint density at radius 3 is 1.94 bits per heavy atom. The summed E-state index contributed by atoms with van der Waals surface area (Å²) in [6.45, 7) is 0.118. The van der Waals surface area contributed by atoms with Gasteiger partial charge >= 0.3 is 5.97 Å². The fourth-order valence-corrected chi connectivity index (χ4v) is 2.90. The van der Waals surface area contributed by atoms with E-state index < -0.39 is 18.0 Å². The normalized spacial score (nSPS) is 11.2. The number of hydrogen-bond donors (Lipinski definition) is 1. The third-order valence-electron chi connectivity index (χ3n) is 4.58. The summed E-state index contributed by atoms with van der Waals surface area (Å²) in [6, 6.07) is 22.8. The van der Waals surface area contributed by atoms with Gasteiger partial charge in [-0.05, 0) is 48.5 Å². The van der Waals surface area contributed by atoms with Crippen LogP contribution in [0.15, 0.2) is 78.9 Å². The maximum absolute atomic E-state index is 12.9. The lowest BCUT2D eigenvalue weighted by Crippen LogP contribution is -2.26. The minimum Gasteiger partial charge on any atom is -0.497 e. The number of carbonyl (C=O) groups excluding carboxylic acids is 2. The van der Waals surface area contributed by atoms with E-state index in [0.717, 1.165) is 0 Å². The molecule has 0 aromatic heterocycles. The van der Waals surface area contributed by atoms with Gasteiger partial charge in [0.1, 0.15) is 17.2 Å². The minimum absolute atomic E-state index is 0.00875. The molecule has 1 atom stereocenters. The largest absolute Gasteiger partial charge is 0.497 e. The number of esters is 1. The fraction of sp³-hybridized carbons (Fsp3) is 0.200. The van der Waals surface area contributed by atoms with E-state index in [1.807, 2.05) is 6.07 Å². The van der Waals surface area contributed by atoms with Crippen molar-refractivity contribution in [2.75, 3.05) is 26.1 Å². The molecular formula is C25H25NO6. The van der Waals surface area contributed by atoms with E-state index in [1.54, 1.807) is 87.0 Å². The maximum Gasteiger partial charge on any atom is 0.310 e. The molecule has 0 radical (unpaired) electrons. The van der Waals surface area contributed by atoms with Crippen LogP contribution < -0.4 is 19.5 Å². The molecule has 0 saturated carbocycles. The molecule has 3 rings (SSSR count). The molecule has 7 nitrogen and oxygen atoms in total. The lowest BCUT2D eigenvalue weighted by atomic mass is 10.1. The average Bonchev–Trinajstić information content (AvgIpc) is 2.84. The molecule has 0 spiro atoms. The van der Waals surface area contributed by atoms with Crippen molar-refractivity contribution in [3.63, 3.8) is 0 Å². The molecule has 7 heteroatoms. The first-order valence-electron chi connectivity index (χ1n) is 10.0. The first-order valence-corrected chi connectivity index (χ1v) is 10.0. The van der Waals surface area contributed by atoms with Crippen LogP contribution in [0.2, 0.25) is 0 Å². The number of benzene rings is 3. The highest BCUT2D eigenvalue weighted by atomic mass is 16.6. The van der Waals surface area contributed by atoms with E-state index in [0.29, 0.717) is 28.5 Å². The van der Waals surface area contributed by atoms with Gasteiger partial charge in [-0.25, -0.2) is 0 Å². The van der Waals surface area contributed by atoms with Crippen LogP contribution in [0.5, 0.6) is 17.2 Å². The maximum atomic E-state index is 12.9. The highest BCUT2D eigenvalue weighted by Gasteiger charge is 2.25. The summed E-state index contributed by atoms with van der Waals surface area (Å²) in [6.07, 6.45) is -1.10. The Labute approximate surface area is 186 Å². The molecule has 1 N–H and O–H groups in total. The Morgan fingerprint density at radius 1 is 0.781 bits per heavy atom. The quantitative estimate of drug-likeness (QED) is 0.476. The van der Waals surface area contributed by atoms with Crippen molar-refractivity contribution < 1.29 is 28.5 Å². The molecule has 0 aliphatic heterocycles. The SMILES string of the molecule is COc1ccc(NC(=O)C(OC(=O)CCOc2ccc(OC)cc2)c2ccccc2)cc1. The second-order valence-electron chi connectivity index (χ2n) is 6.77. The zero-order valence-electron chi connectivity index (χ0n) is 17.9. The van der Waals surface area contributed by atoms with E-state index in [4.69, 9.17) is 18.9 Å². The zero-order chi connectivity index (χ0) is 22.8. The van der Waals surface area contributed by atoms with Crippen LogP contribution in [-0.2, 0) is 14.3 Å². The predicted octanol–water partition coefficient (Wildman–Crippen LogP) is 4.40. The molecule has 32 heavy (non-hydrogen) atoms. The number of rotatable bonds is 10. The van der Waals surface area contributed by atoms with Gasteiger partial charge in [0, 0.05) is 11.3 Å². The van der Waals surface area contributed by atoms with Crippen molar-refractivity contribution in [2.24, 2.45) is 0 Å². The smallest absolute Gasteiger partial charge is 0.310 e. The van der Waals surface area contributed by atoms with Crippen LogP contribution >= 0.6 is 0 Å². The van der Waals surface area contributed by atoms with E-state index in [2.05, 4.69) is 5.32 Å². The summed E-state index contributed by atoms with van der Waals surface area (Å²) in [5.74, 6) is 0.995. The summed E-state index contributed by atoms with van der Waals surface area (Å²) >= 11 is 0. The first-order chi connectivity index (χ1) is 15.6. The monoisotopic (exact) mass is 435 g/mol. The molecule has 1 unspecified atom stereocenters. The molecule has 0 aliphatic carbocycles. The van der Waals surface area contributed by atoms with Crippen molar-refractivity contribution in [1.29, 1.82) is 0 Å². The van der Waals surface area contributed by atoms with Crippen LogP contribution in [0.25, 0.3) is 0 Å². The minimum atomic E-state index is -1.09. The Morgan fingerprint density at radius 2 is 1.34 bits per heavy atom. The Hall–Kier alpha value is -4.00. The topological polar surface area (TPSA) is 83.1 Å². The summed E-state index contributed by atoms with van der Waals surface area (Å²) in [4.78, 5) is 25.3. The lowest BCUT2D eigenvalue weighted by Gasteiger charge is -2.18. The molecule has 0 fully saturated rings. The van der Waals surface area contributed by atoms with Gasteiger partial charge in [0.2, 0.25) is 6.10 Å². The summed E-state index contributed by atoms with van der Waals surface area (Å²) in [7, 11) is 3.15. The number of hydrogen-bond acceptors (Lipinski definition) is 6. The van der Waals surface area contributed by atoms with Crippen molar-refractivity contribution in [2.45, 2.75) is 12.5 Å². The van der Waals surface area contributed by atoms with Crippen molar-refractivity contribution in [3.05, 3.63) is 84.4 Å². The van der Waals surface area contributed by atoms with Gasteiger partial charge in [0.25, 0.3) is 5.91 Å². The van der Waals surface area contributed by atoms with Gasteiger partial charge in [0.15, 0.2) is 0 Å². The Bertz CT molecular complexity index is 1000. The molecule has 0 saturated heterocycles. The van der Waals surface area contributed by atoms with Gasteiger partial charge in [-0.2, -0.15) is 0 Å². The third kappa shape index (κ3) is 6.50. The molecule has 3 aromatic rings. The predicted molar refractivity (Wildman–Crippen MR) is 120 cm³/mol. The number of nitrogens with one attached hydrogen (secondary N) is 1. The highest BCUT2D eigenvalue weighted by molar-refractivity contribution is 5.96. The number of methoxy groups -OCH3 is 2. The molecule has 1 amide bonds. The molecule has 0 aliphatic rings. The third-order valence-corrected chi connectivity index (χ3v) is 4.58. The first kappa shape index (κ1) is 22.7. The zero-order valence-corrected chi connectivity index (χ0v) is 17.9. The average molecular weight is 435 g/mol. The molecule has 3 aromatic carbocycles. The molecular weight excluding hydrogens is 410 g/mol. The Balaban J connectivity index is 1.60. The summed E-state index contributed by atoms with van der Waals surface area (Å²) in [5, 5.41) is 2.78. The summed E-state index contributed by atoms with van der Waals surface area (Å²) in [5.41, 5.74) is 1.14. The fourth-order valence-electron chi connectivity index (χ4n) is 2.90. The van der Waals surface area contributed by atoms with Crippen LogP contribution in [0.3, 0.4) is 0 Å². The standard InChI is InChI=1S/C25H25NO6/c1-29-20-10-8-19(9-11-20)26-25(28)24(18-6-4-3-5-7-18)32-23(27)16-17-31-22-14-12-21(30-2)13-15-22/h3-15,24H,16-17H2,1-2H3,(H,26,28). The number of anilines is 1. The molecule has 166 valence electrons. The Kier molecular flexibility index (Phi) is 8.09. The van der Waals surface area contributed by atoms with E-state index in [9.17, 15) is 9.59 Å². The van der Waals surface area contributed by atoms with Gasteiger partial charge in [0.05, 0.1) is 27.2 Å². The van der Waals surface area contributed by atoms with Gasteiger partial charge in [-0.15, -0.1) is 0 Å². The highest BCUT2D eigenvalue weighted by Crippen LogP contribution is 2.22. The van der Waals surface area contributed by atoms with Gasteiger partial charge in [-0.1, -0.05) is 30.3 Å². The number of ether oxygens (including phenoxy) is 4. The lowest BCUT2D eigenvalue weighted by molar-refractivity contribution is -0.155. The van der Waals surface area contributed by atoms with E-state index >= 15 is 0 Å². The second-order valence-corrected chi connectivity index (χ2v) is 6.77. The molecule has 0 heterocycles. The number of carbonyl (C=O) groups is 2. The van der Waals surface area contributed by atoms with E-state index in [1.165, 1.54) is 0 Å². The van der Waals surface area contributed by atoms with E-state index in [-0.39, 0.29) is 13.0 Å². The van der Waals surface area contributed by atoms with Crippen molar-refractivity contribution in [1.82, 2.24) is 0 Å². The van der Waals surface area contributed by atoms with Crippen LogP contribution in [0.1, 0.15) is 18.1 Å². The number of amides is 1. The van der Waals surface area contributed by atoms with Crippen molar-refractivity contribution in [3.8, 4) is 17.2 Å². The van der Waals surface area contributed by atoms with Crippen molar-refractivity contribution >= 4 is 17.6 Å². The van der Waals surface area contributed by atoms with Crippen LogP contribution in [0, 0.1) is 0 Å².